The van der Waals surface area contributed by atoms with E-state index >= 15 is 0 Å². The van der Waals surface area contributed by atoms with Crippen LogP contribution in [-0.2, 0) is 4.74 Å². The number of ether oxygens (including phenoxy) is 1. The van der Waals surface area contributed by atoms with E-state index in [1.807, 2.05) is 0 Å². The molecule has 0 radical (unpaired) electrons. The van der Waals surface area contributed by atoms with Crippen LogP contribution in [0.4, 0.5) is 0 Å². The molecular weight excluding hydrogens is 140 g/mol. The molecule has 0 atom stereocenters. The van der Waals surface area contributed by atoms with Gasteiger partial charge < -0.3 is 9.84 Å². The van der Waals surface area contributed by atoms with Crippen molar-refractivity contribution in [2.75, 3.05) is 19.8 Å². The summed E-state index contributed by atoms with van der Waals surface area (Å²) < 4.78 is 5.22. The fraction of sp³-hybridized carbons (Fsp3) is 0.778. The Morgan fingerprint density at radius 3 is 2.64 bits per heavy atom. The van der Waals surface area contributed by atoms with Gasteiger partial charge in [0.1, 0.15) is 0 Å². The molecule has 11 heavy (non-hydrogen) atoms. The Balaban J connectivity index is 2.97. The van der Waals surface area contributed by atoms with Gasteiger partial charge in [0, 0.05) is 13.2 Å². The molecule has 0 aliphatic carbocycles. The first-order valence-corrected chi connectivity index (χ1v) is 4.09. The van der Waals surface area contributed by atoms with Crippen molar-refractivity contribution in [3.8, 4) is 0 Å². The van der Waals surface area contributed by atoms with Crippen molar-refractivity contribution in [3.05, 3.63) is 11.6 Å². The second-order valence-electron chi connectivity index (χ2n) is 2.76. The first kappa shape index (κ1) is 10.7. The van der Waals surface area contributed by atoms with E-state index in [0.717, 1.165) is 19.4 Å². The summed E-state index contributed by atoms with van der Waals surface area (Å²) in [5.74, 6) is 0. The van der Waals surface area contributed by atoms with Crippen molar-refractivity contribution in [2.45, 2.75) is 26.7 Å². The van der Waals surface area contributed by atoms with Gasteiger partial charge in [-0.2, -0.15) is 0 Å². The monoisotopic (exact) mass is 158 g/mol. The molecule has 0 fully saturated rings. The average Bonchev–Trinajstić information content (AvgIpc) is 1.96. The number of rotatable bonds is 6. The maximum absolute atomic E-state index is 8.42. The van der Waals surface area contributed by atoms with Gasteiger partial charge in [0.2, 0.25) is 0 Å². The van der Waals surface area contributed by atoms with Crippen LogP contribution in [0.2, 0.25) is 0 Å². The van der Waals surface area contributed by atoms with E-state index in [0.29, 0.717) is 6.61 Å². The average molecular weight is 158 g/mol. The maximum atomic E-state index is 8.42. The third-order valence-corrected chi connectivity index (χ3v) is 1.26. The first-order chi connectivity index (χ1) is 5.27. The fourth-order valence-electron chi connectivity index (χ4n) is 0.700. The zero-order chi connectivity index (χ0) is 8.53. The number of allylic oxidation sites excluding steroid dienone is 1. The maximum Gasteiger partial charge on any atom is 0.0500 e. The van der Waals surface area contributed by atoms with Crippen LogP contribution in [0.1, 0.15) is 26.7 Å². The molecule has 0 aromatic carbocycles. The second-order valence-corrected chi connectivity index (χ2v) is 2.76. The largest absolute Gasteiger partial charge is 0.396 e. The zero-order valence-electron chi connectivity index (χ0n) is 7.47. The van der Waals surface area contributed by atoms with Crippen LogP contribution in [0.5, 0.6) is 0 Å². The summed E-state index contributed by atoms with van der Waals surface area (Å²) in [6.45, 7) is 5.82. The number of aliphatic hydroxyl groups is 1. The first-order valence-electron chi connectivity index (χ1n) is 4.09. The Kier molecular flexibility index (Phi) is 7.52. The standard InChI is InChI=1S/C9H18O2/c1-9(2)5-3-7-11-8-4-6-10/h5,10H,3-4,6-8H2,1-2H3. The van der Waals surface area contributed by atoms with Crippen LogP contribution in [0, 0.1) is 0 Å². The molecule has 0 spiro atoms. The Labute approximate surface area is 68.9 Å². The van der Waals surface area contributed by atoms with Gasteiger partial charge in [0.25, 0.3) is 0 Å². The lowest BCUT2D eigenvalue weighted by molar-refractivity contribution is 0.119. The van der Waals surface area contributed by atoms with E-state index in [9.17, 15) is 0 Å². The van der Waals surface area contributed by atoms with Crippen LogP contribution < -0.4 is 0 Å². The molecule has 0 unspecified atom stereocenters. The lowest BCUT2D eigenvalue weighted by Crippen LogP contribution is -1.97. The molecule has 0 aromatic rings. The SMILES string of the molecule is CC(C)=CCCOCCCO. The molecule has 2 heteroatoms. The summed E-state index contributed by atoms with van der Waals surface area (Å²) in [6, 6.07) is 0. The van der Waals surface area contributed by atoms with Gasteiger partial charge in [0.15, 0.2) is 0 Å². The third-order valence-electron chi connectivity index (χ3n) is 1.26. The van der Waals surface area contributed by atoms with Crippen molar-refractivity contribution >= 4 is 0 Å². The van der Waals surface area contributed by atoms with E-state index in [-0.39, 0.29) is 6.61 Å². The summed E-state index contributed by atoms with van der Waals surface area (Å²) in [5.41, 5.74) is 1.33. The molecule has 0 aromatic heterocycles. The van der Waals surface area contributed by atoms with Crippen molar-refractivity contribution in [1.29, 1.82) is 0 Å². The molecule has 0 rings (SSSR count). The van der Waals surface area contributed by atoms with Gasteiger partial charge in [-0.05, 0) is 26.7 Å². The van der Waals surface area contributed by atoms with Crippen LogP contribution in [0.25, 0.3) is 0 Å². The number of hydrogen-bond acceptors (Lipinski definition) is 2. The molecule has 1 N–H and O–H groups in total. The van der Waals surface area contributed by atoms with Crippen LogP contribution in [0.3, 0.4) is 0 Å². The quantitative estimate of drug-likeness (QED) is 0.471. The summed E-state index contributed by atoms with van der Waals surface area (Å²) in [5, 5.41) is 8.42. The number of aliphatic hydroxyl groups excluding tert-OH is 1. The van der Waals surface area contributed by atoms with Gasteiger partial charge >= 0.3 is 0 Å². The predicted molar refractivity (Wildman–Crippen MR) is 46.6 cm³/mol. The lowest BCUT2D eigenvalue weighted by Gasteiger charge is -1.99. The Bertz CT molecular complexity index is 104. The van der Waals surface area contributed by atoms with Gasteiger partial charge in [-0.15, -0.1) is 0 Å². The molecule has 0 aliphatic heterocycles. The van der Waals surface area contributed by atoms with Crippen LogP contribution in [0.15, 0.2) is 11.6 Å². The van der Waals surface area contributed by atoms with Crippen LogP contribution in [-0.4, -0.2) is 24.9 Å². The van der Waals surface area contributed by atoms with Crippen molar-refractivity contribution in [1.82, 2.24) is 0 Å². The minimum absolute atomic E-state index is 0.225. The zero-order valence-corrected chi connectivity index (χ0v) is 7.47. The summed E-state index contributed by atoms with van der Waals surface area (Å²) in [6.07, 6.45) is 3.88. The molecule has 0 bridgehead atoms. The normalized spacial score (nSPS) is 9.73. The second kappa shape index (κ2) is 7.76. The Morgan fingerprint density at radius 2 is 2.09 bits per heavy atom. The Morgan fingerprint density at radius 1 is 1.36 bits per heavy atom. The molecule has 0 saturated heterocycles. The minimum Gasteiger partial charge on any atom is -0.396 e. The molecule has 0 heterocycles. The molecule has 0 saturated carbocycles. The highest BCUT2D eigenvalue weighted by molar-refractivity contribution is 4.92. The lowest BCUT2D eigenvalue weighted by atomic mass is 10.3. The molecule has 0 amide bonds. The van der Waals surface area contributed by atoms with Gasteiger partial charge in [-0.1, -0.05) is 11.6 Å². The van der Waals surface area contributed by atoms with E-state index in [2.05, 4.69) is 19.9 Å². The van der Waals surface area contributed by atoms with E-state index in [4.69, 9.17) is 9.84 Å². The van der Waals surface area contributed by atoms with E-state index in [1.165, 1.54) is 5.57 Å². The fourth-order valence-corrected chi connectivity index (χ4v) is 0.700. The smallest absolute Gasteiger partial charge is 0.0500 e. The third kappa shape index (κ3) is 9.66. The number of hydrogen-bond donors (Lipinski definition) is 1. The van der Waals surface area contributed by atoms with Crippen molar-refractivity contribution in [3.63, 3.8) is 0 Å². The molecule has 0 aliphatic rings. The molecular formula is C9H18O2. The summed E-state index contributed by atoms with van der Waals surface area (Å²) >= 11 is 0. The highest BCUT2D eigenvalue weighted by Crippen LogP contribution is 1.93. The predicted octanol–water partition coefficient (Wildman–Crippen LogP) is 1.74. The summed E-state index contributed by atoms with van der Waals surface area (Å²) in [7, 11) is 0. The van der Waals surface area contributed by atoms with E-state index < -0.39 is 0 Å². The van der Waals surface area contributed by atoms with E-state index in [1.54, 1.807) is 0 Å². The topological polar surface area (TPSA) is 29.5 Å². The van der Waals surface area contributed by atoms with Gasteiger partial charge in [0.05, 0.1) is 6.61 Å². The highest BCUT2D eigenvalue weighted by Gasteiger charge is 1.85. The molecule has 2 nitrogen and oxygen atoms in total. The van der Waals surface area contributed by atoms with Crippen molar-refractivity contribution < 1.29 is 9.84 Å². The molecule has 66 valence electrons. The van der Waals surface area contributed by atoms with Crippen LogP contribution >= 0.6 is 0 Å². The summed E-state index contributed by atoms with van der Waals surface area (Å²) in [4.78, 5) is 0. The van der Waals surface area contributed by atoms with Gasteiger partial charge in [-0.25, -0.2) is 0 Å². The minimum atomic E-state index is 0.225. The highest BCUT2D eigenvalue weighted by atomic mass is 16.5. The Hall–Kier alpha value is -0.340. The van der Waals surface area contributed by atoms with Gasteiger partial charge in [-0.3, -0.25) is 0 Å². The van der Waals surface area contributed by atoms with Crippen molar-refractivity contribution in [2.24, 2.45) is 0 Å².